The largest absolute Gasteiger partial charge is 0.387 e. The fourth-order valence-electron chi connectivity index (χ4n) is 2.45. The van der Waals surface area contributed by atoms with Gasteiger partial charge in [0.2, 0.25) is 0 Å². The van der Waals surface area contributed by atoms with Crippen molar-refractivity contribution in [1.82, 2.24) is 4.90 Å². The molecule has 0 amide bonds. The van der Waals surface area contributed by atoms with E-state index >= 15 is 0 Å². The minimum Gasteiger partial charge on any atom is -0.387 e. The average Bonchev–Trinajstić information content (AvgIpc) is 2.47. The normalized spacial score (nSPS) is 14.5. The van der Waals surface area contributed by atoms with Crippen LogP contribution in [0, 0.1) is 5.92 Å². The van der Waals surface area contributed by atoms with Crippen LogP contribution >= 0.6 is 0 Å². The van der Waals surface area contributed by atoms with Crippen molar-refractivity contribution in [3.8, 4) is 0 Å². The molecule has 0 aliphatic heterocycles. The van der Waals surface area contributed by atoms with Crippen LogP contribution < -0.4 is 0 Å². The van der Waals surface area contributed by atoms with Crippen LogP contribution in [-0.2, 0) is 6.42 Å². The third-order valence-corrected chi connectivity index (χ3v) is 4.05. The monoisotopic (exact) mass is 277 g/mol. The van der Waals surface area contributed by atoms with E-state index in [1.807, 2.05) is 0 Å². The molecule has 1 aromatic rings. The van der Waals surface area contributed by atoms with E-state index in [1.54, 1.807) is 0 Å². The molecular weight excluding hydrogens is 246 g/mol. The van der Waals surface area contributed by atoms with E-state index in [4.69, 9.17) is 0 Å². The van der Waals surface area contributed by atoms with E-state index in [9.17, 15) is 5.11 Å². The summed E-state index contributed by atoms with van der Waals surface area (Å²) in [7, 11) is 0. The van der Waals surface area contributed by atoms with Crippen molar-refractivity contribution < 1.29 is 5.11 Å². The molecular formula is C18H31NO. The van der Waals surface area contributed by atoms with E-state index in [2.05, 4.69) is 56.9 Å². The summed E-state index contributed by atoms with van der Waals surface area (Å²) < 4.78 is 0. The Kier molecular flexibility index (Phi) is 7.86. The Hall–Kier alpha value is -0.860. The predicted molar refractivity (Wildman–Crippen MR) is 87.0 cm³/mol. The Bertz CT molecular complexity index is 360. The van der Waals surface area contributed by atoms with Gasteiger partial charge in [0.15, 0.2) is 0 Å². The standard InChI is InChI=1S/C18H31NO/c1-5-8-16-9-11-17(12-10-16)18(20)14-19(7-3)13-15(4)6-2/h9-12,15,18,20H,5-8,13-14H2,1-4H3. The number of nitrogens with zero attached hydrogens (tertiary/aromatic N) is 1. The van der Waals surface area contributed by atoms with Crippen LogP contribution in [0.15, 0.2) is 24.3 Å². The summed E-state index contributed by atoms with van der Waals surface area (Å²) >= 11 is 0. The first-order valence-corrected chi connectivity index (χ1v) is 8.09. The van der Waals surface area contributed by atoms with E-state index in [0.29, 0.717) is 5.92 Å². The maximum Gasteiger partial charge on any atom is 0.0916 e. The molecule has 1 rings (SSSR count). The molecule has 1 aromatic carbocycles. The highest BCUT2D eigenvalue weighted by molar-refractivity contribution is 5.24. The molecule has 0 radical (unpaired) electrons. The highest BCUT2D eigenvalue weighted by Gasteiger charge is 2.14. The SMILES string of the molecule is CCCc1ccc(C(O)CN(CC)CC(C)CC)cc1. The van der Waals surface area contributed by atoms with Crippen molar-refractivity contribution in [3.05, 3.63) is 35.4 Å². The van der Waals surface area contributed by atoms with Gasteiger partial charge in [-0.3, -0.25) is 0 Å². The van der Waals surface area contributed by atoms with Crippen LogP contribution in [0.4, 0.5) is 0 Å². The summed E-state index contributed by atoms with van der Waals surface area (Å²) in [6, 6.07) is 8.44. The first-order valence-electron chi connectivity index (χ1n) is 8.09. The van der Waals surface area contributed by atoms with Crippen LogP contribution in [0.5, 0.6) is 0 Å². The van der Waals surface area contributed by atoms with E-state index in [0.717, 1.165) is 31.6 Å². The Balaban J connectivity index is 2.57. The lowest BCUT2D eigenvalue weighted by atomic mass is 10.0. The molecule has 0 aliphatic carbocycles. The van der Waals surface area contributed by atoms with Gasteiger partial charge in [0.1, 0.15) is 0 Å². The fraction of sp³-hybridized carbons (Fsp3) is 0.667. The second-order valence-corrected chi connectivity index (χ2v) is 5.87. The molecule has 0 bridgehead atoms. The molecule has 0 aromatic heterocycles. The molecule has 0 saturated carbocycles. The Labute approximate surface area is 124 Å². The summed E-state index contributed by atoms with van der Waals surface area (Å²) in [6.07, 6.45) is 3.10. The number of aliphatic hydroxyl groups excluding tert-OH is 1. The number of rotatable bonds is 9. The molecule has 0 spiro atoms. The molecule has 2 nitrogen and oxygen atoms in total. The maximum absolute atomic E-state index is 10.4. The van der Waals surface area contributed by atoms with Crippen LogP contribution in [0.25, 0.3) is 0 Å². The third kappa shape index (κ3) is 5.64. The van der Waals surface area contributed by atoms with E-state index in [1.165, 1.54) is 18.4 Å². The first-order chi connectivity index (χ1) is 9.60. The van der Waals surface area contributed by atoms with Crippen molar-refractivity contribution >= 4 is 0 Å². The van der Waals surface area contributed by atoms with Gasteiger partial charge in [0.25, 0.3) is 0 Å². The van der Waals surface area contributed by atoms with Gasteiger partial charge < -0.3 is 10.0 Å². The van der Waals surface area contributed by atoms with Crippen LogP contribution in [0.2, 0.25) is 0 Å². The fourth-order valence-corrected chi connectivity index (χ4v) is 2.45. The van der Waals surface area contributed by atoms with Gasteiger partial charge >= 0.3 is 0 Å². The molecule has 114 valence electrons. The number of likely N-dealkylation sites (N-methyl/N-ethyl adjacent to an activating group) is 1. The summed E-state index contributed by atoms with van der Waals surface area (Å²) in [5, 5.41) is 10.4. The molecule has 1 N–H and O–H groups in total. The first kappa shape index (κ1) is 17.2. The van der Waals surface area contributed by atoms with Crippen molar-refractivity contribution in [2.24, 2.45) is 5.92 Å². The molecule has 0 heterocycles. The zero-order chi connectivity index (χ0) is 15.0. The van der Waals surface area contributed by atoms with Crippen LogP contribution in [-0.4, -0.2) is 29.6 Å². The molecule has 20 heavy (non-hydrogen) atoms. The molecule has 2 unspecified atom stereocenters. The molecule has 2 heteroatoms. The molecule has 0 fully saturated rings. The zero-order valence-corrected chi connectivity index (χ0v) is 13.6. The summed E-state index contributed by atoms with van der Waals surface area (Å²) in [4.78, 5) is 2.35. The lowest BCUT2D eigenvalue weighted by Gasteiger charge is -2.26. The second-order valence-electron chi connectivity index (χ2n) is 5.87. The molecule has 0 saturated heterocycles. The Morgan fingerprint density at radius 1 is 1.05 bits per heavy atom. The van der Waals surface area contributed by atoms with Gasteiger partial charge in [-0.25, -0.2) is 0 Å². The third-order valence-electron chi connectivity index (χ3n) is 4.05. The topological polar surface area (TPSA) is 23.5 Å². The Morgan fingerprint density at radius 3 is 2.20 bits per heavy atom. The van der Waals surface area contributed by atoms with Crippen LogP contribution in [0.3, 0.4) is 0 Å². The predicted octanol–water partition coefficient (Wildman–Crippen LogP) is 4.04. The summed E-state index contributed by atoms with van der Waals surface area (Å²) in [5.74, 6) is 0.689. The van der Waals surface area contributed by atoms with Crippen molar-refractivity contribution in [2.75, 3.05) is 19.6 Å². The number of hydrogen-bond acceptors (Lipinski definition) is 2. The lowest BCUT2D eigenvalue weighted by molar-refractivity contribution is 0.107. The number of benzene rings is 1. The van der Waals surface area contributed by atoms with E-state index < -0.39 is 0 Å². The van der Waals surface area contributed by atoms with Gasteiger partial charge in [-0.1, -0.05) is 64.8 Å². The van der Waals surface area contributed by atoms with Gasteiger partial charge in [-0.2, -0.15) is 0 Å². The van der Waals surface area contributed by atoms with Gasteiger partial charge in [-0.05, 0) is 30.0 Å². The van der Waals surface area contributed by atoms with E-state index in [-0.39, 0.29) is 6.10 Å². The maximum atomic E-state index is 10.4. The minimum absolute atomic E-state index is 0.380. The van der Waals surface area contributed by atoms with Gasteiger partial charge in [0, 0.05) is 13.1 Å². The van der Waals surface area contributed by atoms with Crippen molar-refractivity contribution in [1.29, 1.82) is 0 Å². The summed E-state index contributed by atoms with van der Waals surface area (Å²) in [5.41, 5.74) is 2.39. The zero-order valence-electron chi connectivity index (χ0n) is 13.6. The summed E-state index contributed by atoms with van der Waals surface area (Å²) in [6.45, 7) is 11.6. The number of aliphatic hydroxyl groups is 1. The second kappa shape index (κ2) is 9.15. The van der Waals surface area contributed by atoms with Crippen LogP contribution in [0.1, 0.15) is 57.8 Å². The molecule has 0 aliphatic rings. The van der Waals surface area contributed by atoms with Gasteiger partial charge in [-0.15, -0.1) is 0 Å². The Morgan fingerprint density at radius 2 is 1.70 bits per heavy atom. The quantitative estimate of drug-likeness (QED) is 0.736. The average molecular weight is 277 g/mol. The highest BCUT2D eigenvalue weighted by atomic mass is 16.3. The number of aryl methyl sites for hydroxylation is 1. The van der Waals surface area contributed by atoms with Gasteiger partial charge in [0.05, 0.1) is 6.10 Å². The highest BCUT2D eigenvalue weighted by Crippen LogP contribution is 2.17. The van der Waals surface area contributed by atoms with Crippen molar-refractivity contribution in [2.45, 2.75) is 53.1 Å². The van der Waals surface area contributed by atoms with Crippen molar-refractivity contribution in [3.63, 3.8) is 0 Å². The lowest BCUT2D eigenvalue weighted by Crippen LogP contribution is -2.32. The minimum atomic E-state index is -0.380. The number of hydrogen-bond donors (Lipinski definition) is 1. The molecule has 2 atom stereocenters. The smallest absolute Gasteiger partial charge is 0.0916 e.